The summed E-state index contributed by atoms with van der Waals surface area (Å²) in [6, 6.07) is 12.3. The lowest BCUT2D eigenvalue weighted by molar-refractivity contribution is 0.181. The molecule has 6 heteroatoms. The molecule has 5 rings (SSSR count). The summed E-state index contributed by atoms with van der Waals surface area (Å²) in [4.78, 5) is 22.2. The third-order valence-electron chi connectivity index (χ3n) is 6.25. The topological polar surface area (TPSA) is 70.2 Å². The highest BCUT2D eigenvalue weighted by Gasteiger charge is 2.25. The SMILES string of the molecule is O=C(NCc1ccc(OCC2CC2)nc1)N1CCC(c2c[nH]c3ccccc23)CC1. The summed E-state index contributed by atoms with van der Waals surface area (Å²) in [7, 11) is 0. The van der Waals surface area contributed by atoms with E-state index in [1.54, 1.807) is 6.20 Å². The van der Waals surface area contributed by atoms with Crippen LogP contribution in [0.15, 0.2) is 48.8 Å². The van der Waals surface area contributed by atoms with Crippen LogP contribution in [-0.4, -0.2) is 40.6 Å². The Morgan fingerprint density at radius 1 is 1.13 bits per heavy atom. The maximum absolute atomic E-state index is 12.6. The molecule has 1 aromatic carbocycles. The molecule has 2 N–H and O–H groups in total. The highest BCUT2D eigenvalue weighted by molar-refractivity contribution is 5.83. The summed E-state index contributed by atoms with van der Waals surface area (Å²) in [6.07, 6.45) is 8.43. The zero-order chi connectivity index (χ0) is 20.3. The van der Waals surface area contributed by atoms with Crippen molar-refractivity contribution in [3.63, 3.8) is 0 Å². The van der Waals surface area contributed by atoms with Gasteiger partial charge in [0.2, 0.25) is 5.88 Å². The van der Waals surface area contributed by atoms with Crippen LogP contribution in [0.5, 0.6) is 5.88 Å². The highest BCUT2D eigenvalue weighted by atomic mass is 16.5. The van der Waals surface area contributed by atoms with E-state index in [1.165, 1.54) is 29.3 Å². The van der Waals surface area contributed by atoms with Crippen molar-refractivity contribution < 1.29 is 9.53 Å². The minimum absolute atomic E-state index is 0.00133. The van der Waals surface area contributed by atoms with Crippen molar-refractivity contribution in [1.82, 2.24) is 20.2 Å². The molecule has 3 aromatic rings. The van der Waals surface area contributed by atoms with Gasteiger partial charge in [0, 0.05) is 49.0 Å². The van der Waals surface area contributed by atoms with E-state index in [-0.39, 0.29) is 6.03 Å². The van der Waals surface area contributed by atoms with Crippen LogP contribution in [0.3, 0.4) is 0 Å². The highest BCUT2D eigenvalue weighted by Crippen LogP contribution is 2.33. The summed E-state index contributed by atoms with van der Waals surface area (Å²) in [5, 5.41) is 4.33. The fraction of sp³-hybridized carbons (Fsp3) is 0.417. The fourth-order valence-electron chi connectivity index (χ4n) is 4.20. The molecule has 6 nitrogen and oxygen atoms in total. The summed E-state index contributed by atoms with van der Waals surface area (Å²) < 4.78 is 5.66. The number of benzene rings is 1. The van der Waals surface area contributed by atoms with E-state index in [9.17, 15) is 4.79 Å². The second-order valence-corrected chi connectivity index (χ2v) is 8.47. The Labute approximate surface area is 176 Å². The molecule has 0 atom stereocenters. The van der Waals surface area contributed by atoms with Gasteiger partial charge in [-0.3, -0.25) is 0 Å². The second kappa shape index (κ2) is 8.38. The van der Waals surface area contributed by atoms with Gasteiger partial charge in [-0.15, -0.1) is 0 Å². The molecule has 3 heterocycles. The number of para-hydroxylation sites is 1. The number of piperidine rings is 1. The van der Waals surface area contributed by atoms with Crippen LogP contribution in [-0.2, 0) is 6.54 Å². The molecule has 0 radical (unpaired) electrons. The van der Waals surface area contributed by atoms with Gasteiger partial charge in [0.05, 0.1) is 6.61 Å². The minimum Gasteiger partial charge on any atom is -0.477 e. The number of likely N-dealkylation sites (tertiary alicyclic amines) is 1. The zero-order valence-electron chi connectivity index (χ0n) is 17.1. The van der Waals surface area contributed by atoms with Gasteiger partial charge in [0.25, 0.3) is 0 Å². The monoisotopic (exact) mass is 404 g/mol. The van der Waals surface area contributed by atoms with Gasteiger partial charge in [-0.25, -0.2) is 9.78 Å². The number of carbonyl (C=O) groups is 1. The first-order valence-electron chi connectivity index (χ1n) is 10.9. The molecule has 2 amide bonds. The normalized spacial score (nSPS) is 17.3. The molecule has 0 bridgehead atoms. The number of nitrogens with zero attached hydrogens (tertiary/aromatic N) is 2. The Morgan fingerprint density at radius 2 is 1.97 bits per heavy atom. The van der Waals surface area contributed by atoms with Crippen LogP contribution >= 0.6 is 0 Å². The number of pyridine rings is 1. The maximum Gasteiger partial charge on any atom is 0.317 e. The number of fused-ring (bicyclic) bond motifs is 1. The molecular formula is C24H28N4O2. The Morgan fingerprint density at radius 3 is 2.73 bits per heavy atom. The average molecular weight is 405 g/mol. The van der Waals surface area contributed by atoms with Gasteiger partial charge in [0.1, 0.15) is 0 Å². The molecule has 1 saturated carbocycles. The predicted molar refractivity (Wildman–Crippen MR) is 117 cm³/mol. The van der Waals surface area contributed by atoms with Gasteiger partial charge in [-0.2, -0.15) is 0 Å². The first-order valence-corrected chi connectivity index (χ1v) is 10.9. The van der Waals surface area contributed by atoms with Crippen LogP contribution < -0.4 is 10.1 Å². The van der Waals surface area contributed by atoms with Crippen LogP contribution in [0.25, 0.3) is 10.9 Å². The fourth-order valence-corrected chi connectivity index (χ4v) is 4.20. The molecule has 1 aliphatic heterocycles. The lowest BCUT2D eigenvalue weighted by Gasteiger charge is -2.32. The number of H-pyrrole nitrogens is 1. The summed E-state index contributed by atoms with van der Waals surface area (Å²) >= 11 is 0. The number of ether oxygens (including phenoxy) is 1. The molecule has 1 saturated heterocycles. The van der Waals surface area contributed by atoms with E-state index in [0.29, 0.717) is 24.3 Å². The molecule has 0 unspecified atom stereocenters. The summed E-state index contributed by atoms with van der Waals surface area (Å²) in [6.45, 7) is 2.80. The van der Waals surface area contributed by atoms with Crippen molar-refractivity contribution in [3.8, 4) is 5.88 Å². The van der Waals surface area contributed by atoms with Gasteiger partial charge in [-0.05, 0) is 54.7 Å². The van der Waals surface area contributed by atoms with Crippen molar-refractivity contribution in [2.75, 3.05) is 19.7 Å². The van der Waals surface area contributed by atoms with Crippen LogP contribution in [0.4, 0.5) is 4.79 Å². The largest absolute Gasteiger partial charge is 0.477 e. The molecule has 2 fully saturated rings. The van der Waals surface area contributed by atoms with Crippen LogP contribution in [0.2, 0.25) is 0 Å². The number of hydrogen-bond donors (Lipinski definition) is 2. The van der Waals surface area contributed by atoms with Crippen molar-refractivity contribution in [2.45, 2.75) is 38.1 Å². The quantitative estimate of drug-likeness (QED) is 0.638. The second-order valence-electron chi connectivity index (χ2n) is 8.47. The Hall–Kier alpha value is -3.02. The van der Waals surface area contributed by atoms with Crippen LogP contribution in [0, 0.1) is 5.92 Å². The predicted octanol–water partition coefficient (Wildman–Crippen LogP) is 4.44. The third-order valence-corrected chi connectivity index (χ3v) is 6.25. The van der Waals surface area contributed by atoms with Crippen molar-refractivity contribution in [2.24, 2.45) is 5.92 Å². The molecule has 30 heavy (non-hydrogen) atoms. The van der Waals surface area contributed by atoms with Crippen LogP contribution in [0.1, 0.15) is 42.7 Å². The van der Waals surface area contributed by atoms with Crippen molar-refractivity contribution >= 4 is 16.9 Å². The number of amides is 2. The number of hydrogen-bond acceptors (Lipinski definition) is 3. The van der Waals surface area contributed by atoms with E-state index in [1.807, 2.05) is 17.0 Å². The Balaban J connectivity index is 1.10. The van der Waals surface area contributed by atoms with E-state index >= 15 is 0 Å². The standard InChI is InChI=1S/C24H28N4O2/c29-24(27-14-18-7-8-23(26-13-18)30-16-17-5-6-17)28-11-9-19(10-12-28)21-15-25-22-4-2-1-3-20(21)22/h1-4,7-8,13,15,17,19,25H,5-6,9-12,14,16H2,(H,27,29). The molecule has 2 aromatic heterocycles. The van der Waals surface area contributed by atoms with Gasteiger partial charge in [0.15, 0.2) is 0 Å². The molecular weight excluding hydrogens is 376 g/mol. The van der Waals surface area contributed by atoms with E-state index in [4.69, 9.17) is 4.74 Å². The number of aromatic nitrogens is 2. The Bertz CT molecular complexity index is 1000. The van der Waals surface area contributed by atoms with E-state index in [2.05, 4.69) is 45.7 Å². The van der Waals surface area contributed by atoms with Crippen molar-refractivity contribution in [1.29, 1.82) is 0 Å². The van der Waals surface area contributed by atoms with Gasteiger partial charge < -0.3 is 19.9 Å². The molecule has 0 spiro atoms. The first kappa shape index (κ1) is 19.0. The number of rotatable bonds is 6. The van der Waals surface area contributed by atoms with Gasteiger partial charge in [-0.1, -0.05) is 24.3 Å². The summed E-state index contributed by atoms with van der Waals surface area (Å²) in [5.41, 5.74) is 3.54. The number of aromatic amines is 1. The lowest BCUT2D eigenvalue weighted by Crippen LogP contribution is -2.43. The number of urea groups is 1. The smallest absolute Gasteiger partial charge is 0.317 e. The number of nitrogens with one attached hydrogen (secondary N) is 2. The number of carbonyl (C=O) groups excluding carboxylic acids is 1. The van der Waals surface area contributed by atoms with E-state index < -0.39 is 0 Å². The maximum atomic E-state index is 12.6. The Kier molecular flexibility index (Phi) is 5.30. The molecule has 2 aliphatic rings. The van der Waals surface area contributed by atoms with E-state index in [0.717, 1.165) is 38.1 Å². The summed E-state index contributed by atoms with van der Waals surface area (Å²) in [5.74, 6) is 1.87. The molecule has 1 aliphatic carbocycles. The first-order chi connectivity index (χ1) is 14.8. The van der Waals surface area contributed by atoms with Crippen molar-refractivity contribution in [3.05, 3.63) is 59.9 Å². The molecule has 156 valence electrons. The van der Waals surface area contributed by atoms with Gasteiger partial charge >= 0.3 is 6.03 Å². The zero-order valence-corrected chi connectivity index (χ0v) is 17.1. The minimum atomic E-state index is 0.00133. The lowest BCUT2D eigenvalue weighted by atomic mass is 9.89. The average Bonchev–Trinajstić information content (AvgIpc) is 3.53. The third kappa shape index (κ3) is 4.27.